The SMILES string of the molecule is COc1ccc2c(c1)C1CC1(C(=O)N1CCCN(C(C)=O)CC1)Cn1c-2c(C2CCCCC2)c2ccc(C(N)=O)cc21. The first-order valence-corrected chi connectivity index (χ1v) is 15.5. The molecule has 3 aromatic rings. The van der Waals surface area contributed by atoms with Crippen molar-refractivity contribution in [2.75, 3.05) is 33.3 Å². The van der Waals surface area contributed by atoms with Crippen molar-refractivity contribution in [2.24, 2.45) is 11.1 Å². The van der Waals surface area contributed by atoms with Gasteiger partial charge in [0.1, 0.15) is 5.75 Å². The summed E-state index contributed by atoms with van der Waals surface area (Å²) < 4.78 is 8.04. The second kappa shape index (κ2) is 10.2. The van der Waals surface area contributed by atoms with Crippen LogP contribution < -0.4 is 10.5 Å². The largest absolute Gasteiger partial charge is 0.497 e. The summed E-state index contributed by atoms with van der Waals surface area (Å²) >= 11 is 0. The van der Waals surface area contributed by atoms with Crippen molar-refractivity contribution in [2.45, 2.75) is 70.3 Å². The van der Waals surface area contributed by atoms with Crippen LogP contribution in [0.1, 0.15) is 85.2 Å². The summed E-state index contributed by atoms with van der Waals surface area (Å²) in [5.74, 6) is 1.10. The Bertz CT molecular complexity index is 1600. The Morgan fingerprint density at radius 1 is 0.929 bits per heavy atom. The molecule has 2 N–H and O–H groups in total. The summed E-state index contributed by atoms with van der Waals surface area (Å²) in [6.07, 6.45) is 7.52. The molecule has 2 aliphatic carbocycles. The molecule has 2 saturated carbocycles. The van der Waals surface area contributed by atoms with Gasteiger partial charge in [-0.25, -0.2) is 0 Å². The Hall–Kier alpha value is -3.81. The highest BCUT2D eigenvalue weighted by Crippen LogP contribution is 2.66. The Morgan fingerprint density at radius 3 is 2.43 bits per heavy atom. The predicted molar refractivity (Wildman–Crippen MR) is 162 cm³/mol. The van der Waals surface area contributed by atoms with Crippen LogP contribution >= 0.6 is 0 Å². The molecule has 8 nitrogen and oxygen atoms in total. The number of primary amides is 1. The van der Waals surface area contributed by atoms with Crippen LogP contribution in [-0.4, -0.2) is 65.4 Å². The lowest BCUT2D eigenvalue weighted by Crippen LogP contribution is -2.42. The number of nitrogens with zero attached hydrogens (tertiary/aromatic N) is 3. The molecular weight excluding hydrogens is 528 g/mol. The van der Waals surface area contributed by atoms with Crippen LogP contribution in [-0.2, 0) is 16.1 Å². The first-order valence-electron chi connectivity index (χ1n) is 15.5. The van der Waals surface area contributed by atoms with Gasteiger partial charge in [0.25, 0.3) is 0 Å². The average molecular weight is 569 g/mol. The van der Waals surface area contributed by atoms with Crippen molar-refractivity contribution < 1.29 is 19.1 Å². The number of benzene rings is 2. The van der Waals surface area contributed by atoms with E-state index < -0.39 is 11.3 Å². The van der Waals surface area contributed by atoms with Gasteiger partial charge in [0, 0.05) is 67.6 Å². The van der Waals surface area contributed by atoms with Gasteiger partial charge in [0.05, 0.1) is 18.2 Å². The minimum absolute atomic E-state index is 0.0613. The van der Waals surface area contributed by atoms with E-state index in [4.69, 9.17) is 10.5 Å². The molecule has 42 heavy (non-hydrogen) atoms. The Balaban J connectivity index is 1.41. The highest BCUT2D eigenvalue weighted by atomic mass is 16.5. The van der Waals surface area contributed by atoms with E-state index in [-0.39, 0.29) is 17.7 Å². The number of aromatic nitrogens is 1. The molecule has 2 aliphatic heterocycles. The van der Waals surface area contributed by atoms with Crippen molar-refractivity contribution in [3.05, 3.63) is 53.1 Å². The van der Waals surface area contributed by atoms with E-state index in [2.05, 4.69) is 22.8 Å². The molecule has 2 aromatic carbocycles. The maximum Gasteiger partial charge on any atom is 0.248 e. The van der Waals surface area contributed by atoms with E-state index in [0.29, 0.717) is 44.2 Å². The van der Waals surface area contributed by atoms with E-state index in [1.807, 2.05) is 28.0 Å². The summed E-state index contributed by atoms with van der Waals surface area (Å²) in [6.45, 7) is 4.61. The zero-order chi connectivity index (χ0) is 29.2. The van der Waals surface area contributed by atoms with Crippen molar-refractivity contribution in [1.29, 1.82) is 0 Å². The van der Waals surface area contributed by atoms with Gasteiger partial charge in [0.2, 0.25) is 17.7 Å². The number of amides is 3. The number of nitrogens with two attached hydrogens (primary N) is 1. The number of carbonyl (C=O) groups excluding carboxylic acids is 3. The number of hydrogen-bond acceptors (Lipinski definition) is 4. The summed E-state index contributed by atoms with van der Waals surface area (Å²) in [7, 11) is 1.69. The van der Waals surface area contributed by atoms with E-state index >= 15 is 0 Å². The maximum absolute atomic E-state index is 14.6. The molecule has 7 rings (SSSR count). The van der Waals surface area contributed by atoms with Crippen LogP contribution in [0.2, 0.25) is 0 Å². The molecule has 1 aromatic heterocycles. The normalized spacial score (nSPS) is 23.8. The van der Waals surface area contributed by atoms with Gasteiger partial charge < -0.3 is 24.8 Å². The molecule has 8 heteroatoms. The summed E-state index contributed by atoms with van der Waals surface area (Å²) in [5, 5.41) is 1.16. The molecular formula is C34H40N4O4. The molecule has 0 bridgehead atoms. The molecule has 0 spiro atoms. The maximum atomic E-state index is 14.6. The third kappa shape index (κ3) is 4.21. The van der Waals surface area contributed by atoms with Gasteiger partial charge in [-0.15, -0.1) is 0 Å². The standard InChI is InChI=1S/C34H40N4O4/c1-21(39)36-13-6-14-37(16-15-36)33(41)34-19-28(34)27-18-24(42-2)10-12-25(27)31-30(22-7-4-3-5-8-22)26-11-9-23(32(35)40)17-29(26)38(31)20-34/h9-12,17-18,22,28H,3-8,13-16,19-20H2,1-2H3,(H2,35,40). The molecule has 3 heterocycles. The lowest BCUT2D eigenvalue weighted by atomic mass is 9.81. The molecule has 3 fully saturated rings. The minimum atomic E-state index is -0.587. The van der Waals surface area contributed by atoms with Gasteiger partial charge in [-0.1, -0.05) is 25.3 Å². The first-order chi connectivity index (χ1) is 20.3. The fourth-order valence-electron chi connectivity index (χ4n) is 8.18. The van der Waals surface area contributed by atoms with E-state index in [1.165, 1.54) is 41.6 Å². The molecule has 2 atom stereocenters. The molecule has 3 amide bonds. The lowest BCUT2D eigenvalue weighted by molar-refractivity contribution is -0.138. The highest BCUT2D eigenvalue weighted by molar-refractivity contribution is 6.01. The molecule has 0 radical (unpaired) electrons. The van der Waals surface area contributed by atoms with Crippen molar-refractivity contribution >= 4 is 28.6 Å². The molecule has 1 saturated heterocycles. The highest BCUT2D eigenvalue weighted by Gasteiger charge is 2.63. The van der Waals surface area contributed by atoms with E-state index in [0.717, 1.165) is 42.3 Å². The third-order valence-electron chi connectivity index (χ3n) is 10.5. The average Bonchev–Trinajstić information content (AvgIpc) is 3.73. The number of rotatable bonds is 4. The zero-order valence-electron chi connectivity index (χ0n) is 24.7. The summed E-state index contributed by atoms with van der Waals surface area (Å²) in [4.78, 5) is 42.9. The van der Waals surface area contributed by atoms with Crippen LogP contribution in [0.5, 0.6) is 5.75 Å². The van der Waals surface area contributed by atoms with Crippen molar-refractivity contribution in [3.8, 4) is 17.0 Å². The summed E-state index contributed by atoms with van der Waals surface area (Å²) in [5.41, 5.74) is 11.5. The monoisotopic (exact) mass is 568 g/mol. The van der Waals surface area contributed by atoms with Gasteiger partial charge in [0.15, 0.2) is 0 Å². The second-order valence-electron chi connectivity index (χ2n) is 12.8. The third-order valence-corrected chi connectivity index (χ3v) is 10.5. The van der Waals surface area contributed by atoms with Crippen LogP contribution in [0.25, 0.3) is 22.2 Å². The number of methoxy groups -OCH3 is 1. The first kappa shape index (κ1) is 27.0. The van der Waals surface area contributed by atoms with E-state index in [9.17, 15) is 14.4 Å². The summed E-state index contributed by atoms with van der Waals surface area (Å²) in [6, 6.07) is 12.2. The molecule has 4 aliphatic rings. The van der Waals surface area contributed by atoms with Gasteiger partial charge >= 0.3 is 0 Å². The smallest absolute Gasteiger partial charge is 0.248 e. The fraction of sp³-hybridized carbons (Fsp3) is 0.500. The van der Waals surface area contributed by atoms with Crippen LogP contribution in [0.4, 0.5) is 0 Å². The minimum Gasteiger partial charge on any atom is -0.497 e. The Kier molecular flexibility index (Phi) is 6.55. The van der Waals surface area contributed by atoms with Gasteiger partial charge in [-0.05, 0) is 73.1 Å². The number of ether oxygens (including phenoxy) is 1. The quantitative estimate of drug-likeness (QED) is 0.477. The molecule has 220 valence electrons. The van der Waals surface area contributed by atoms with Crippen LogP contribution in [0.3, 0.4) is 0 Å². The fourth-order valence-corrected chi connectivity index (χ4v) is 8.18. The van der Waals surface area contributed by atoms with Crippen LogP contribution in [0.15, 0.2) is 36.4 Å². The second-order valence-corrected chi connectivity index (χ2v) is 12.8. The predicted octanol–water partition coefficient (Wildman–Crippen LogP) is 5.03. The zero-order valence-corrected chi connectivity index (χ0v) is 24.7. The van der Waals surface area contributed by atoms with Gasteiger partial charge in [-0.3, -0.25) is 14.4 Å². The van der Waals surface area contributed by atoms with Crippen molar-refractivity contribution in [3.63, 3.8) is 0 Å². The Morgan fingerprint density at radius 2 is 1.69 bits per heavy atom. The number of hydrogen-bond donors (Lipinski definition) is 1. The number of carbonyl (C=O) groups is 3. The topological polar surface area (TPSA) is 97.9 Å². The Labute approximate surface area is 246 Å². The van der Waals surface area contributed by atoms with Gasteiger partial charge in [-0.2, -0.15) is 0 Å². The lowest BCUT2D eigenvalue weighted by Gasteiger charge is -2.27. The van der Waals surface area contributed by atoms with E-state index in [1.54, 1.807) is 14.0 Å². The van der Waals surface area contributed by atoms with Crippen molar-refractivity contribution in [1.82, 2.24) is 14.4 Å². The molecule has 2 unspecified atom stereocenters. The van der Waals surface area contributed by atoms with Crippen LogP contribution in [0, 0.1) is 5.41 Å². The number of fused-ring (bicyclic) bond motifs is 7.